The Bertz CT molecular complexity index is 380. The van der Waals surface area contributed by atoms with E-state index in [1.165, 1.54) is 0 Å². The summed E-state index contributed by atoms with van der Waals surface area (Å²) in [5, 5.41) is 17.6. The molecule has 0 aliphatic rings. The van der Waals surface area contributed by atoms with Gasteiger partial charge in [0, 0.05) is 19.2 Å². The number of carbonyl (C=O) groups is 1. The molecule has 0 atom stereocenters. The summed E-state index contributed by atoms with van der Waals surface area (Å²) in [6.07, 6.45) is 0.328. The summed E-state index contributed by atoms with van der Waals surface area (Å²) in [5.41, 5.74) is 0.766. The molecule has 86 valence electrons. The van der Waals surface area contributed by atoms with Crippen LogP contribution in [0.3, 0.4) is 0 Å². The predicted molar refractivity (Wildman–Crippen MR) is 56.2 cm³/mol. The van der Waals surface area contributed by atoms with Gasteiger partial charge in [0.1, 0.15) is 5.76 Å². The van der Waals surface area contributed by atoms with Crippen molar-refractivity contribution in [1.29, 1.82) is 5.26 Å². The highest BCUT2D eigenvalue weighted by molar-refractivity contribution is 5.77. The van der Waals surface area contributed by atoms with Gasteiger partial charge in [0.25, 0.3) is 0 Å². The zero-order valence-electron chi connectivity index (χ0n) is 9.12. The van der Waals surface area contributed by atoms with E-state index in [9.17, 15) is 4.79 Å². The first-order valence-corrected chi connectivity index (χ1v) is 4.99. The average Bonchev–Trinajstić information content (AvgIpc) is 2.65. The molecule has 0 saturated carbocycles. The van der Waals surface area contributed by atoms with E-state index >= 15 is 0 Å². The number of rotatable bonds is 6. The third kappa shape index (κ3) is 4.57. The highest BCUT2D eigenvalue weighted by Gasteiger charge is 2.02. The van der Waals surface area contributed by atoms with E-state index in [0.717, 1.165) is 11.5 Å². The molecule has 2 N–H and O–H groups in total. The Morgan fingerprint density at radius 1 is 1.69 bits per heavy atom. The zero-order chi connectivity index (χ0) is 11.8. The molecule has 0 spiro atoms. The van der Waals surface area contributed by atoms with Crippen molar-refractivity contribution in [2.45, 2.75) is 19.9 Å². The van der Waals surface area contributed by atoms with Crippen LogP contribution < -0.4 is 10.6 Å². The van der Waals surface area contributed by atoms with E-state index in [4.69, 9.17) is 9.78 Å². The lowest BCUT2D eigenvalue weighted by molar-refractivity contribution is -0.120. The second-order valence-electron chi connectivity index (χ2n) is 3.29. The summed E-state index contributed by atoms with van der Waals surface area (Å²) in [7, 11) is 0. The molecule has 0 bridgehead atoms. The van der Waals surface area contributed by atoms with Crippen molar-refractivity contribution >= 4 is 5.91 Å². The second-order valence-corrected chi connectivity index (χ2v) is 3.29. The van der Waals surface area contributed by atoms with Crippen molar-refractivity contribution in [3.05, 3.63) is 17.5 Å². The molecular formula is C10H14N4O2. The Morgan fingerprint density at radius 3 is 3.12 bits per heavy atom. The summed E-state index contributed by atoms with van der Waals surface area (Å²) in [6, 6.07) is 3.76. The van der Waals surface area contributed by atoms with Crippen LogP contribution in [-0.2, 0) is 11.3 Å². The largest absolute Gasteiger partial charge is 0.361 e. The van der Waals surface area contributed by atoms with Crippen molar-refractivity contribution in [1.82, 2.24) is 15.8 Å². The number of carbonyl (C=O) groups excluding carboxylic acids is 1. The number of nitrogens with zero attached hydrogens (tertiary/aromatic N) is 2. The Kier molecular flexibility index (Phi) is 5.02. The fourth-order valence-electron chi connectivity index (χ4n) is 1.13. The summed E-state index contributed by atoms with van der Waals surface area (Å²) in [4.78, 5) is 11.2. The Balaban J connectivity index is 2.11. The highest BCUT2D eigenvalue weighted by Crippen LogP contribution is 1.99. The number of aryl methyl sites for hydroxylation is 1. The minimum Gasteiger partial charge on any atom is -0.361 e. The van der Waals surface area contributed by atoms with Gasteiger partial charge in [-0.25, -0.2) is 0 Å². The van der Waals surface area contributed by atoms with Gasteiger partial charge in [-0.2, -0.15) is 5.26 Å². The first-order valence-electron chi connectivity index (χ1n) is 4.99. The lowest BCUT2D eigenvalue weighted by atomic mass is 10.4. The molecule has 1 aromatic heterocycles. The van der Waals surface area contributed by atoms with Gasteiger partial charge in [-0.1, -0.05) is 5.16 Å². The van der Waals surface area contributed by atoms with Crippen molar-refractivity contribution in [3.63, 3.8) is 0 Å². The smallest absolute Gasteiger partial charge is 0.234 e. The maximum Gasteiger partial charge on any atom is 0.234 e. The van der Waals surface area contributed by atoms with Crippen LogP contribution in [-0.4, -0.2) is 24.2 Å². The van der Waals surface area contributed by atoms with Gasteiger partial charge in [0.15, 0.2) is 0 Å². The van der Waals surface area contributed by atoms with Crippen LogP contribution in [0.15, 0.2) is 10.6 Å². The van der Waals surface area contributed by atoms with Gasteiger partial charge >= 0.3 is 0 Å². The van der Waals surface area contributed by atoms with E-state index in [1.54, 1.807) is 6.07 Å². The third-order valence-corrected chi connectivity index (χ3v) is 1.83. The standard InChI is InChI=1S/C10H14N4O2/c1-8-5-9(14-16-8)6-12-7-10(15)13-4-2-3-11/h5,12H,2,4,6-7H2,1H3,(H,13,15). The van der Waals surface area contributed by atoms with E-state index in [-0.39, 0.29) is 12.5 Å². The van der Waals surface area contributed by atoms with Crippen LogP contribution >= 0.6 is 0 Å². The molecule has 0 radical (unpaired) electrons. The maximum absolute atomic E-state index is 11.2. The number of hydrogen-bond donors (Lipinski definition) is 2. The van der Waals surface area contributed by atoms with Crippen LogP contribution in [0, 0.1) is 18.3 Å². The fourth-order valence-corrected chi connectivity index (χ4v) is 1.13. The lowest BCUT2D eigenvalue weighted by Gasteiger charge is -2.02. The molecule has 1 aromatic rings. The minimum absolute atomic E-state index is 0.129. The van der Waals surface area contributed by atoms with E-state index in [0.29, 0.717) is 19.5 Å². The van der Waals surface area contributed by atoms with Crippen molar-refractivity contribution in [2.75, 3.05) is 13.1 Å². The zero-order valence-corrected chi connectivity index (χ0v) is 9.12. The quantitative estimate of drug-likeness (QED) is 0.666. The van der Waals surface area contributed by atoms with Gasteiger partial charge < -0.3 is 15.2 Å². The SMILES string of the molecule is Cc1cc(CNCC(=O)NCCC#N)no1. The molecule has 0 aromatic carbocycles. The monoisotopic (exact) mass is 222 g/mol. The van der Waals surface area contributed by atoms with Crippen LogP contribution in [0.1, 0.15) is 17.9 Å². The number of hydrogen-bond acceptors (Lipinski definition) is 5. The van der Waals surface area contributed by atoms with Crippen LogP contribution in [0.5, 0.6) is 0 Å². The van der Waals surface area contributed by atoms with E-state index < -0.39 is 0 Å². The van der Waals surface area contributed by atoms with Gasteiger partial charge in [0.05, 0.1) is 24.7 Å². The number of amides is 1. The number of nitriles is 1. The fraction of sp³-hybridized carbons (Fsp3) is 0.500. The Morgan fingerprint density at radius 2 is 2.50 bits per heavy atom. The van der Waals surface area contributed by atoms with Crippen LogP contribution in [0.2, 0.25) is 0 Å². The van der Waals surface area contributed by atoms with Crippen molar-refractivity contribution in [3.8, 4) is 6.07 Å². The highest BCUT2D eigenvalue weighted by atomic mass is 16.5. The molecule has 0 unspecified atom stereocenters. The second kappa shape index (κ2) is 6.58. The first-order chi connectivity index (χ1) is 7.72. The topological polar surface area (TPSA) is 91.0 Å². The molecular weight excluding hydrogens is 208 g/mol. The average molecular weight is 222 g/mol. The first kappa shape index (κ1) is 12.2. The molecule has 0 fully saturated rings. The van der Waals surface area contributed by atoms with Gasteiger partial charge in [-0.3, -0.25) is 4.79 Å². The molecule has 0 aliphatic carbocycles. The van der Waals surface area contributed by atoms with Crippen molar-refractivity contribution in [2.24, 2.45) is 0 Å². The molecule has 6 nitrogen and oxygen atoms in total. The summed E-state index contributed by atoms with van der Waals surface area (Å²) < 4.78 is 4.87. The normalized spacial score (nSPS) is 9.75. The van der Waals surface area contributed by atoms with Crippen LogP contribution in [0.25, 0.3) is 0 Å². The summed E-state index contributed by atoms with van der Waals surface area (Å²) >= 11 is 0. The predicted octanol–water partition coefficient (Wildman–Crippen LogP) is 0.102. The third-order valence-electron chi connectivity index (χ3n) is 1.83. The molecule has 1 amide bonds. The summed E-state index contributed by atoms with van der Waals surface area (Å²) in [6.45, 7) is 2.89. The van der Waals surface area contributed by atoms with E-state index in [1.807, 2.05) is 13.0 Å². The lowest BCUT2D eigenvalue weighted by Crippen LogP contribution is -2.34. The number of aromatic nitrogens is 1. The van der Waals surface area contributed by atoms with E-state index in [2.05, 4.69) is 15.8 Å². The minimum atomic E-state index is -0.129. The number of nitrogens with one attached hydrogen (secondary N) is 2. The van der Waals surface area contributed by atoms with Crippen molar-refractivity contribution < 1.29 is 9.32 Å². The molecule has 0 saturated heterocycles. The molecule has 0 aliphatic heterocycles. The molecule has 6 heteroatoms. The Labute approximate surface area is 93.6 Å². The maximum atomic E-state index is 11.2. The Hall–Kier alpha value is -1.87. The van der Waals surface area contributed by atoms with Crippen LogP contribution in [0.4, 0.5) is 0 Å². The molecule has 1 heterocycles. The van der Waals surface area contributed by atoms with Gasteiger partial charge in [-0.05, 0) is 6.92 Å². The molecule has 1 rings (SSSR count). The van der Waals surface area contributed by atoms with Gasteiger partial charge in [0.2, 0.25) is 5.91 Å². The summed E-state index contributed by atoms with van der Waals surface area (Å²) in [5.74, 6) is 0.616. The van der Waals surface area contributed by atoms with Gasteiger partial charge in [-0.15, -0.1) is 0 Å². The molecule has 16 heavy (non-hydrogen) atoms.